The van der Waals surface area contributed by atoms with Crippen LogP contribution in [0.25, 0.3) is 38.9 Å². The Kier molecular flexibility index (Phi) is 9.34. The van der Waals surface area contributed by atoms with Crippen LogP contribution >= 0.6 is 0 Å². The lowest BCUT2D eigenvalue weighted by Gasteiger charge is -2.41. The van der Waals surface area contributed by atoms with Crippen LogP contribution in [0, 0.1) is 29.5 Å². The highest BCUT2D eigenvalue weighted by atomic mass is 19.1. The van der Waals surface area contributed by atoms with Crippen molar-refractivity contribution in [2.75, 3.05) is 44.2 Å². The van der Waals surface area contributed by atoms with E-state index in [0.717, 1.165) is 36.2 Å². The molecule has 272 valence electrons. The first-order chi connectivity index (χ1) is 26.3. The SMILES string of the molecule is C#Cc1cccc2cccc(-c3ccc4c(N5CCN(C(=O)/C(F)=C/c6cnccn6)C(CC#N)C5)nc(OC[C@@]56CCCN5C[C@H](F)C6)nc4c3F)c12. The van der Waals surface area contributed by atoms with Gasteiger partial charge in [0.25, 0.3) is 5.91 Å². The first-order valence-electron chi connectivity index (χ1n) is 17.9. The Morgan fingerprint density at radius 2 is 1.93 bits per heavy atom. The molecule has 0 N–H and O–H groups in total. The minimum atomic E-state index is -1.03. The van der Waals surface area contributed by atoms with Crippen LogP contribution in [0.2, 0.25) is 0 Å². The summed E-state index contributed by atoms with van der Waals surface area (Å²) in [6.07, 6.45) is 12.0. The largest absolute Gasteiger partial charge is 0.461 e. The van der Waals surface area contributed by atoms with E-state index in [-0.39, 0.29) is 55.4 Å². The summed E-state index contributed by atoms with van der Waals surface area (Å²) >= 11 is 0. The van der Waals surface area contributed by atoms with Gasteiger partial charge in [-0.2, -0.15) is 15.2 Å². The Labute approximate surface area is 309 Å². The molecule has 10 nitrogen and oxygen atoms in total. The third-order valence-electron chi connectivity index (χ3n) is 10.8. The van der Waals surface area contributed by atoms with E-state index in [4.69, 9.17) is 16.1 Å². The van der Waals surface area contributed by atoms with Crippen LogP contribution in [0.4, 0.5) is 19.0 Å². The van der Waals surface area contributed by atoms with E-state index in [1.54, 1.807) is 12.1 Å². The van der Waals surface area contributed by atoms with Crippen LogP contribution in [0.15, 0.2) is 72.9 Å². The topological polar surface area (TPSA) is 111 Å². The van der Waals surface area contributed by atoms with Crippen LogP contribution in [0.1, 0.15) is 36.9 Å². The van der Waals surface area contributed by atoms with Crippen LogP contribution < -0.4 is 9.64 Å². The zero-order chi connectivity index (χ0) is 37.4. The molecule has 0 radical (unpaired) electrons. The quantitative estimate of drug-likeness (QED) is 0.135. The van der Waals surface area contributed by atoms with Crippen molar-refractivity contribution in [1.29, 1.82) is 5.26 Å². The Bertz CT molecular complexity index is 2370. The highest BCUT2D eigenvalue weighted by Gasteiger charge is 2.49. The maximum Gasteiger partial charge on any atom is 0.319 e. The first-order valence-corrected chi connectivity index (χ1v) is 17.9. The van der Waals surface area contributed by atoms with Gasteiger partial charge in [0.15, 0.2) is 11.6 Å². The Morgan fingerprint density at radius 1 is 1.07 bits per heavy atom. The number of carbonyl (C=O) groups excluding carboxylic acids is 1. The molecule has 0 bridgehead atoms. The molecule has 54 heavy (non-hydrogen) atoms. The zero-order valence-electron chi connectivity index (χ0n) is 29.3. The Balaban J connectivity index is 1.19. The number of piperazine rings is 1. The molecule has 0 aliphatic carbocycles. The van der Waals surface area contributed by atoms with Gasteiger partial charge in [-0.25, -0.2) is 13.2 Å². The van der Waals surface area contributed by atoms with Gasteiger partial charge in [0.05, 0.1) is 36.0 Å². The predicted molar refractivity (Wildman–Crippen MR) is 198 cm³/mol. The Morgan fingerprint density at radius 3 is 2.72 bits per heavy atom. The molecule has 0 spiro atoms. The number of hydrogen-bond acceptors (Lipinski definition) is 9. The van der Waals surface area contributed by atoms with Gasteiger partial charge < -0.3 is 14.5 Å². The number of halogens is 3. The van der Waals surface area contributed by atoms with E-state index in [1.807, 2.05) is 41.3 Å². The van der Waals surface area contributed by atoms with Crippen molar-refractivity contribution in [3.8, 4) is 35.6 Å². The van der Waals surface area contributed by atoms with Crippen molar-refractivity contribution in [2.24, 2.45) is 0 Å². The summed E-state index contributed by atoms with van der Waals surface area (Å²) in [5.74, 6) is 0.537. The number of fused-ring (bicyclic) bond motifs is 3. The number of terminal acetylenes is 1. The molecule has 3 aliphatic rings. The fourth-order valence-corrected chi connectivity index (χ4v) is 8.28. The van der Waals surface area contributed by atoms with Gasteiger partial charge >= 0.3 is 6.01 Å². The molecule has 3 fully saturated rings. The summed E-state index contributed by atoms with van der Waals surface area (Å²) in [6.45, 7) is 1.59. The molecule has 8 rings (SSSR count). The molecular weight excluding hydrogens is 693 g/mol. The van der Waals surface area contributed by atoms with Gasteiger partial charge in [0.1, 0.15) is 24.1 Å². The van der Waals surface area contributed by atoms with Crippen molar-refractivity contribution in [3.05, 3.63) is 90.0 Å². The maximum atomic E-state index is 17.1. The molecule has 5 aromatic rings. The number of nitriles is 1. The summed E-state index contributed by atoms with van der Waals surface area (Å²) < 4.78 is 53.2. The highest BCUT2D eigenvalue weighted by Crippen LogP contribution is 2.41. The minimum Gasteiger partial charge on any atom is -0.461 e. The van der Waals surface area contributed by atoms with E-state index < -0.39 is 35.3 Å². The molecule has 1 unspecified atom stereocenters. The normalized spacial score (nSPS) is 21.6. The summed E-state index contributed by atoms with van der Waals surface area (Å²) in [5, 5.41) is 11.7. The molecule has 5 heterocycles. The summed E-state index contributed by atoms with van der Waals surface area (Å²) in [6, 6.07) is 15.9. The maximum absolute atomic E-state index is 17.1. The molecule has 0 saturated carbocycles. The zero-order valence-corrected chi connectivity index (χ0v) is 29.3. The molecule has 3 aromatic carbocycles. The lowest BCUT2D eigenvalue weighted by molar-refractivity contribution is -0.131. The van der Waals surface area contributed by atoms with Crippen molar-refractivity contribution < 1.29 is 22.7 Å². The smallest absolute Gasteiger partial charge is 0.319 e. The van der Waals surface area contributed by atoms with Gasteiger partial charge in [0, 0.05) is 73.0 Å². The predicted octanol–water partition coefficient (Wildman–Crippen LogP) is 6.26. The Hall–Kier alpha value is -6.05. The van der Waals surface area contributed by atoms with Crippen LogP contribution in [0.3, 0.4) is 0 Å². The number of amides is 1. The van der Waals surface area contributed by atoms with Crippen LogP contribution in [-0.2, 0) is 4.79 Å². The molecule has 3 atom stereocenters. The van der Waals surface area contributed by atoms with Gasteiger partial charge in [-0.15, -0.1) is 6.42 Å². The molecule has 13 heteroatoms. The summed E-state index contributed by atoms with van der Waals surface area (Å²) in [5.41, 5.74) is 1.19. The minimum absolute atomic E-state index is 0.00606. The second-order valence-electron chi connectivity index (χ2n) is 14.0. The highest BCUT2D eigenvalue weighted by molar-refractivity contribution is 6.03. The monoisotopic (exact) mass is 728 g/mol. The number of anilines is 1. The number of carbonyl (C=O) groups is 1. The average Bonchev–Trinajstić information content (AvgIpc) is 3.72. The molecule has 2 aromatic heterocycles. The summed E-state index contributed by atoms with van der Waals surface area (Å²) in [4.78, 5) is 36.0. The van der Waals surface area contributed by atoms with E-state index in [9.17, 15) is 14.4 Å². The lowest BCUT2D eigenvalue weighted by atomic mass is 9.93. The van der Waals surface area contributed by atoms with Crippen molar-refractivity contribution in [1.82, 2.24) is 29.7 Å². The standard InChI is InChI=1S/C41H35F3N8O2/c1-2-26-6-3-7-27-8-4-9-31(35(26)27)32-10-11-33-37(36(32)44)48-40(54-25-41-13-5-17-51(41)23-28(42)21-41)49-38(33)50-18-19-52(30(24-50)12-14-45)39(53)34(43)20-29-22-46-15-16-47-29/h1,3-4,6-11,15-16,20,22,28,30H,5,12-13,17-19,21,23-25H2/b34-20-/t28-,30?,41+/m1/s1. The van der Waals surface area contributed by atoms with E-state index >= 15 is 8.78 Å². The molecule has 1 amide bonds. The molecule has 3 aliphatic heterocycles. The number of benzene rings is 3. The number of rotatable bonds is 8. The average molecular weight is 729 g/mol. The fraction of sp³-hybridized carbons (Fsp3) is 0.317. The molecular formula is C41H35F3N8O2. The second kappa shape index (κ2) is 14.4. The third-order valence-corrected chi connectivity index (χ3v) is 10.8. The number of nitrogens with zero attached hydrogens (tertiary/aromatic N) is 8. The number of alkyl halides is 1. The second-order valence-corrected chi connectivity index (χ2v) is 14.0. The number of aromatic nitrogens is 4. The van der Waals surface area contributed by atoms with Gasteiger partial charge in [-0.3, -0.25) is 19.7 Å². The van der Waals surface area contributed by atoms with Crippen molar-refractivity contribution in [2.45, 2.75) is 43.4 Å². The third kappa shape index (κ3) is 6.35. The van der Waals surface area contributed by atoms with E-state index in [1.165, 1.54) is 23.5 Å². The van der Waals surface area contributed by atoms with E-state index in [2.05, 4.69) is 31.8 Å². The van der Waals surface area contributed by atoms with E-state index in [0.29, 0.717) is 35.3 Å². The summed E-state index contributed by atoms with van der Waals surface area (Å²) in [7, 11) is 0. The van der Waals surface area contributed by atoms with Crippen LogP contribution in [0.5, 0.6) is 6.01 Å². The van der Waals surface area contributed by atoms with Crippen LogP contribution in [-0.4, -0.2) is 92.7 Å². The van der Waals surface area contributed by atoms with Gasteiger partial charge in [0.2, 0.25) is 0 Å². The first kappa shape index (κ1) is 35.0. The van der Waals surface area contributed by atoms with Crippen molar-refractivity contribution in [3.63, 3.8) is 0 Å². The lowest BCUT2D eigenvalue weighted by Crippen LogP contribution is -2.55. The fourth-order valence-electron chi connectivity index (χ4n) is 8.28. The molecule has 3 saturated heterocycles. The van der Waals surface area contributed by atoms with Crippen molar-refractivity contribution >= 4 is 39.5 Å². The number of ether oxygens (including phenoxy) is 1. The van der Waals surface area contributed by atoms with Gasteiger partial charge in [-0.1, -0.05) is 42.3 Å². The number of hydrogen-bond donors (Lipinski definition) is 0. The van der Waals surface area contributed by atoms with Gasteiger partial charge in [-0.05, 0) is 42.5 Å².